The van der Waals surface area contributed by atoms with Gasteiger partial charge in [-0.05, 0) is 31.0 Å². The molecule has 0 saturated heterocycles. The van der Waals surface area contributed by atoms with Crippen LogP contribution in [-0.2, 0) is 9.59 Å². The highest BCUT2D eigenvalue weighted by Crippen LogP contribution is 2.33. The number of fused-ring (bicyclic) bond motifs is 1. The minimum Gasteiger partial charge on any atom is -0.295 e. The van der Waals surface area contributed by atoms with E-state index >= 15 is 0 Å². The Morgan fingerprint density at radius 3 is 2.61 bits per heavy atom. The van der Waals surface area contributed by atoms with Crippen LogP contribution in [0.5, 0.6) is 0 Å². The normalized spacial score (nSPS) is 13.8. The maximum atomic E-state index is 11.8. The van der Waals surface area contributed by atoms with E-state index in [4.69, 9.17) is 5.84 Å². The fraction of sp³-hybridized carbons (Fsp3) is 0.250. The Balaban J connectivity index is 2.51. The van der Waals surface area contributed by atoms with Crippen LogP contribution in [-0.4, -0.2) is 24.1 Å². The predicted octanol–water partition coefficient (Wildman–Crippen LogP) is -0.177. The topological polar surface area (TPSA) is 92.5 Å². The maximum Gasteiger partial charge on any atom is 0.299 e. The van der Waals surface area contributed by atoms with E-state index in [0.717, 1.165) is 16.0 Å². The second kappa shape index (κ2) is 4.23. The SMILES string of the molecule is Cc1cc(C)c2c(c1)C(=O)C(=O)N2CC(=O)NN. The lowest BCUT2D eigenvalue weighted by molar-refractivity contribution is -0.122. The molecule has 6 heteroatoms. The molecule has 0 saturated carbocycles. The Morgan fingerprint density at radius 2 is 2.00 bits per heavy atom. The predicted molar refractivity (Wildman–Crippen MR) is 64.9 cm³/mol. The molecule has 0 aromatic heterocycles. The molecule has 1 aliphatic heterocycles. The molecule has 94 valence electrons. The third kappa shape index (κ3) is 1.76. The summed E-state index contributed by atoms with van der Waals surface area (Å²) in [4.78, 5) is 36.1. The van der Waals surface area contributed by atoms with Gasteiger partial charge in [-0.1, -0.05) is 6.07 Å². The molecule has 0 unspecified atom stereocenters. The molecule has 6 nitrogen and oxygen atoms in total. The zero-order chi connectivity index (χ0) is 13.4. The first kappa shape index (κ1) is 12.3. The van der Waals surface area contributed by atoms with Gasteiger partial charge >= 0.3 is 0 Å². The fourth-order valence-corrected chi connectivity index (χ4v) is 2.17. The number of nitrogens with zero attached hydrogens (tertiary/aromatic N) is 1. The van der Waals surface area contributed by atoms with Crippen LogP contribution in [0.4, 0.5) is 5.69 Å². The number of amides is 2. The minimum absolute atomic E-state index is 0.252. The van der Waals surface area contributed by atoms with Crippen LogP contribution >= 0.6 is 0 Å². The van der Waals surface area contributed by atoms with Gasteiger partial charge in [0, 0.05) is 0 Å². The van der Waals surface area contributed by atoms with Crippen molar-refractivity contribution in [3.8, 4) is 0 Å². The largest absolute Gasteiger partial charge is 0.299 e. The molecule has 0 radical (unpaired) electrons. The molecule has 0 spiro atoms. The van der Waals surface area contributed by atoms with Crippen LogP contribution in [0.15, 0.2) is 12.1 Å². The summed E-state index contributed by atoms with van der Waals surface area (Å²) in [5, 5.41) is 0. The van der Waals surface area contributed by atoms with Gasteiger partial charge in [0.2, 0.25) is 0 Å². The number of rotatable bonds is 2. The van der Waals surface area contributed by atoms with E-state index in [1.165, 1.54) is 0 Å². The molecule has 0 aliphatic carbocycles. The van der Waals surface area contributed by atoms with E-state index in [2.05, 4.69) is 0 Å². The quantitative estimate of drug-likeness (QED) is 0.328. The molecule has 1 aliphatic rings. The van der Waals surface area contributed by atoms with Gasteiger partial charge in [0.1, 0.15) is 6.54 Å². The van der Waals surface area contributed by atoms with Gasteiger partial charge in [-0.15, -0.1) is 0 Å². The van der Waals surface area contributed by atoms with Gasteiger partial charge in [0.05, 0.1) is 11.3 Å². The van der Waals surface area contributed by atoms with Gasteiger partial charge < -0.3 is 0 Å². The number of Topliss-reactive ketones (excluding diaryl/α,β-unsaturated/α-hetero) is 1. The van der Waals surface area contributed by atoms with Gasteiger partial charge in [0.15, 0.2) is 0 Å². The first-order valence-electron chi connectivity index (χ1n) is 5.42. The standard InChI is InChI=1S/C12H13N3O3/c1-6-3-7(2)10-8(4-6)11(17)12(18)15(10)5-9(16)14-13/h3-4H,5,13H2,1-2H3,(H,14,16). The fourth-order valence-electron chi connectivity index (χ4n) is 2.17. The van der Waals surface area contributed by atoms with Crippen LogP contribution < -0.4 is 16.2 Å². The molecule has 0 fully saturated rings. The summed E-state index contributed by atoms with van der Waals surface area (Å²) in [6, 6.07) is 3.51. The average Bonchev–Trinajstić information content (AvgIpc) is 2.54. The Bertz CT molecular complexity index is 566. The van der Waals surface area contributed by atoms with E-state index in [-0.39, 0.29) is 6.54 Å². The minimum atomic E-state index is -0.692. The number of nitrogens with two attached hydrogens (primary N) is 1. The van der Waals surface area contributed by atoms with Crippen molar-refractivity contribution in [1.82, 2.24) is 5.43 Å². The second-order valence-electron chi connectivity index (χ2n) is 4.27. The third-order valence-electron chi connectivity index (χ3n) is 2.86. The molecular formula is C12H13N3O3. The van der Waals surface area contributed by atoms with Gasteiger partial charge in [0.25, 0.3) is 17.6 Å². The molecular weight excluding hydrogens is 234 g/mol. The first-order valence-corrected chi connectivity index (χ1v) is 5.42. The molecule has 1 aromatic carbocycles. The van der Waals surface area contributed by atoms with Crippen molar-refractivity contribution >= 4 is 23.3 Å². The zero-order valence-electron chi connectivity index (χ0n) is 10.1. The summed E-state index contributed by atoms with van der Waals surface area (Å²) in [6.45, 7) is 3.39. The first-order chi connectivity index (χ1) is 8.45. The van der Waals surface area contributed by atoms with Crippen molar-refractivity contribution in [3.05, 3.63) is 28.8 Å². The lowest BCUT2D eigenvalue weighted by Gasteiger charge is -2.17. The number of benzene rings is 1. The van der Waals surface area contributed by atoms with E-state index < -0.39 is 17.6 Å². The number of hydrogen-bond donors (Lipinski definition) is 2. The summed E-state index contributed by atoms with van der Waals surface area (Å²) < 4.78 is 0. The van der Waals surface area contributed by atoms with Crippen LogP contribution in [0.3, 0.4) is 0 Å². The number of anilines is 1. The number of aryl methyl sites for hydroxylation is 2. The highest BCUT2D eigenvalue weighted by atomic mass is 16.2. The Morgan fingerprint density at radius 1 is 1.33 bits per heavy atom. The van der Waals surface area contributed by atoms with E-state index in [9.17, 15) is 14.4 Å². The highest BCUT2D eigenvalue weighted by molar-refractivity contribution is 6.52. The number of ketones is 1. The van der Waals surface area contributed by atoms with Gasteiger partial charge in [-0.2, -0.15) is 0 Å². The molecule has 18 heavy (non-hydrogen) atoms. The lowest BCUT2D eigenvalue weighted by Crippen LogP contribution is -2.42. The van der Waals surface area contributed by atoms with Crippen LogP contribution in [0.25, 0.3) is 0 Å². The molecule has 3 N–H and O–H groups in total. The zero-order valence-corrected chi connectivity index (χ0v) is 10.1. The number of carbonyl (C=O) groups is 3. The summed E-state index contributed by atoms with van der Waals surface area (Å²) >= 11 is 0. The molecule has 0 atom stereocenters. The van der Waals surface area contributed by atoms with Gasteiger partial charge in [-0.3, -0.25) is 24.7 Å². The maximum absolute atomic E-state index is 11.8. The lowest BCUT2D eigenvalue weighted by atomic mass is 10.0. The summed E-state index contributed by atoms with van der Waals surface area (Å²) in [6.07, 6.45) is 0. The Hall–Kier alpha value is -2.21. The molecule has 1 heterocycles. The smallest absolute Gasteiger partial charge is 0.295 e. The van der Waals surface area contributed by atoms with E-state index in [1.54, 1.807) is 13.0 Å². The molecule has 0 bridgehead atoms. The van der Waals surface area contributed by atoms with Crippen molar-refractivity contribution in [1.29, 1.82) is 0 Å². The molecule has 2 rings (SSSR count). The number of hydrazine groups is 1. The molecule has 2 amide bonds. The van der Waals surface area contributed by atoms with Crippen molar-refractivity contribution in [2.24, 2.45) is 5.84 Å². The van der Waals surface area contributed by atoms with Crippen molar-refractivity contribution in [2.75, 3.05) is 11.4 Å². The average molecular weight is 247 g/mol. The van der Waals surface area contributed by atoms with Crippen LogP contribution in [0.1, 0.15) is 21.5 Å². The van der Waals surface area contributed by atoms with Crippen molar-refractivity contribution < 1.29 is 14.4 Å². The Labute approximate surface area is 104 Å². The number of carbonyl (C=O) groups excluding carboxylic acids is 3. The van der Waals surface area contributed by atoms with E-state index in [1.807, 2.05) is 18.4 Å². The molecule has 1 aromatic rings. The van der Waals surface area contributed by atoms with E-state index in [0.29, 0.717) is 11.3 Å². The van der Waals surface area contributed by atoms with Crippen LogP contribution in [0, 0.1) is 13.8 Å². The van der Waals surface area contributed by atoms with Crippen molar-refractivity contribution in [3.63, 3.8) is 0 Å². The summed E-state index contributed by atoms with van der Waals surface area (Å²) in [7, 11) is 0. The third-order valence-corrected chi connectivity index (χ3v) is 2.86. The Kier molecular flexibility index (Phi) is 2.88. The second-order valence-corrected chi connectivity index (χ2v) is 4.27. The summed E-state index contributed by atoms with van der Waals surface area (Å²) in [5.74, 6) is 3.19. The summed E-state index contributed by atoms with van der Waals surface area (Å²) in [5.41, 5.74) is 4.48. The number of nitrogens with one attached hydrogen (secondary N) is 1. The number of hydrogen-bond acceptors (Lipinski definition) is 4. The van der Waals surface area contributed by atoms with Gasteiger partial charge in [-0.25, -0.2) is 5.84 Å². The monoisotopic (exact) mass is 247 g/mol. The van der Waals surface area contributed by atoms with Crippen LogP contribution in [0.2, 0.25) is 0 Å². The van der Waals surface area contributed by atoms with Crippen molar-refractivity contribution in [2.45, 2.75) is 13.8 Å². The highest BCUT2D eigenvalue weighted by Gasteiger charge is 2.37.